The number of amides is 1. The molecule has 1 heterocycles. The molecule has 1 aliphatic heterocycles. The number of fused-ring (bicyclic) bond motifs is 1. The first-order valence-corrected chi connectivity index (χ1v) is 4.86. The van der Waals surface area contributed by atoms with E-state index in [1.54, 1.807) is 18.2 Å². The third-order valence-corrected chi connectivity index (χ3v) is 2.33. The third kappa shape index (κ3) is 1.82. The maximum absolute atomic E-state index is 11.3. The largest absolute Gasteiger partial charge is 0.490 e. The van der Waals surface area contributed by atoms with Crippen LogP contribution in [0.2, 0.25) is 5.02 Å². The van der Waals surface area contributed by atoms with Gasteiger partial charge in [-0.3, -0.25) is 4.79 Å². The van der Waals surface area contributed by atoms with E-state index in [2.05, 4.69) is 5.32 Å². The molecule has 0 saturated heterocycles. The number of para-hydroxylation sites is 1. The van der Waals surface area contributed by atoms with Crippen LogP contribution in [0.15, 0.2) is 18.2 Å². The molecule has 0 aromatic heterocycles. The summed E-state index contributed by atoms with van der Waals surface area (Å²) in [4.78, 5) is 11.3. The molecular weight excluding hydrogens is 202 g/mol. The summed E-state index contributed by atoms with van der Waals surface area (Å²) < 4.78 is 5.46. The zero-order valence-corrected chi connectivity index (χ0v) is 8.30. The highest BCUT2D eigenvalue weighted by Gasteiger charge is 2.14. The second-order valence-corrected chi connectivity index (χ2v) is 3.52. The molecule has 2 rings (SSSR count). The highest BCUT2D eigenvalue weighted by atomic mass is 35.5. The molecule has 1 aliphatic rings. The lowest BCUT2D eigenvalue weighted by atomic mass is 10.2. The minimum absolute atomic E-state index is 0.0109. The Balaban J connectivity index is 2.38. The fourth-order valence-electron chi connectivity index (χ4n) is 1.37. The number of halogens is 1. The first-order chi connectivity index (χ1) is 6.77. The predicted octanol–water partition coefficient (Wildman–Crippen LogP) is 2.45. The quantitative estimate of drug-likeness (QED) is 0.716. The Morgan fingerprint density at radius 2 is 2.29 bits per heavy atom. The molecular formula is C10H10ClNO2. The van der Waals surface area contributed by atoms with Crippen LogP contribution in [0.3, 0.4) is 0 Å². The lowest BCUT2D eigenvalue weighted by molar-refractivity contribution is -0.116. The van der Waals surface area contributed by atoms with Crippen LogP contribution >= 0.6 is 11.6 Å². The summed E-state index contributed by atoms with van der Waals surface area (Å²) in [6.07, 6.45) is 1.21. The van der Waals surface area contributed by atoms with E-state index in [4.69, 9.17) is 16.3 Å². The second-order valence-electron chi connectivity index (χ2n) is 3.12. The van der Waals surface area contributed by atoms with E-state index in [0.717, 1.165) is 6.42 Å². The first kappa shape index (κ1) is 9.34. The van der Waals surface area contributed by atoms with Gasteiger partial charge in [-0.05, 0) is 18.6 Å². The van der Waals surface area contributed by atoms with Crippen LogP contribution in [0.4, 0.5) is 5.69 Å². The Morgan fingerprint density at radius 1 is 1.43 bits per heavy atom. The van der Waals surface area contributed by atoms with E-state index in [1.807, 2.05) is 0 Å². The Hall–Kier alpha value is -1.22. The average molecular weight is 212 g/mol. The van der Waals surface area contributed by atoms with Gasteiger partial charge in [0, 0.05) is 6.42 Å². The van der Waals surface area contributed by atoms with Gasteiger partial charge in [0.15, 0.2) is 5.75 Å². The fourth-order valence-corrected chi connectivity index (χ4v) is 1.60. The minimum atomic E-state index is 0.0109. The summed E-state index contributed by atoms with van der Waals surface area (Å²) in [5.41, 5.74) is 0.655. The maximum atomic E-state index is 11.3. The second kappa shape index (κ2) is 3.88. The highest BCUT2D eigenvalue weighted by molar-refractivity contribution is 6.32. The van der Waals surface area contributed by atoms with Crippen LogP contribution in [0.1, 0.15) is 12.8 Å². The van der Waals surface area contributed by atoms with Crippen molar-refractivity contribution in [3.8, 4) is 5.75 Å². The van der Waals surface area contributed by atoms with Crippen molar-refractivity contribution >= 4 is 23.2 Å². The molecule has 74 valence electrons. The molecule has 0 fully saturated rings. The normalized spacial score (nSPS) is 15.9. The number of hydrogen-bond donors (Lipinski definition) is 1. The molecule has 0 aliphatic carbocycles. The minimum Gasteiger partial charge on any atom is -0.490 e. The summed E-state index contributed by atoms with van der Waals surface area (Å²) in [5.74, 6) is 0.582. The number of benzene rings is 1. The highest BCUT2D eigenvalue weighted by Crippen LogP contribution is 2.33. The summed E-state index contributed by atoms with van der Waals surface area (Å²) in [7, 11) is 0. The number of carbonyl (C=O) groups is 1. The van der Waals surface area contributed by atoms with Crippen molar-refractivity contribution in [2.75, 3.05) is 11.9 Å². The van der Waals surface area contributed by atoms with Crippen LogP contribution in [-0.4, -0.2) is 12.5 Å². The van der Waals surface area contributed by atoms with Crippen molar-refractivity contribution in [3.63, 3.8) is 0 Å². The zero-order chi connectivity index (χ0) is 9.97. The number of rotatable bonds is 0. The predicted molar refractivity (Wildman–Crippen MR) is 54.8 cm³/mol. The van der Waals surface area contributed by atoms with E-state index in [0.29, 0.717) is 29.5 Å². The van der Waals surface area contributed by atoms with E-state index in [1.165, 1.54) is 0 Å². The first-order valence-electron chi connectivity index (χ1n) is 4.48. The van der Waals surface area contributed by atoms with Gasteiger partial charge in [-0.25, -0.2) is 0 Å². The number of carbonyl (C=O) groups excluding carboxylic acids is 1. The van der Waals surface area contributed by atoms with Gasteiger partial charge >= 0.3 is 0 Å². The molecule has 1 aromatic carbocycles. The molecule has 4 heteroatoms. The van der Waals surface area contributed by atoms with Crippen LogP contribution in [0.5, 0.6) is 5.75 Å². The fraction of sp³-hybridized carbons (Fsp3) is 0.300. The van der Waals surface area contributed by atoms with E-state index in [9.17, 15) is 4.79 Å². The molecule has 1 aromatic rings. The van der Waals surface area contributed by atoms with Gasteiger partial charge in [-0.15, -0.1) is 0 Å². The molecule has 0 saturated carbocycles. The van der Waals surface area contributed by atoms with Crippen LogP contribution in [0.25, 0.3) is 0 Å². The Morgan fingerprint density at radius 3 is 3.14 bits per heavy atom. The SMILES string of the molecule is O=C1CCCOc2c(Cl)cccc2N1. The standard InChI is InChI=1S/C10H10ClNO2/c11-7-3-1-4-8-10(7)14-6-2-5-9(13)12-8/h1,3-4H,2,5-6H2,(H,12,13). The van der Waals surface area contributed by atoms with Gasteiger partial charge in [-0.1, -0.05) is 17.7 Å². The summed E-state index contributed by atoms with van der Waals surface area (Å²) >= 11 is 5.94. The van der Waals surface area contributed by atoms with Gasteiger partial charge in [-0.2, -0.15) is 0 Å². The Bertz CT molecular complexity index is 365. The van der Waals surface area contributed by atoms with Crippen molar-refractivity contribution < 1.29 is 9.53 Å². The average Bonchev–Trinajstić information content (AvgIpc) is 2.12. The van der Waals surface area contributed by atoms with E-state index in [-0.39, 0.29) is 5.91 Å². The van der Waals surface area contributed by atoms with Crippen LogP contribution in [0, 0.1) is 0 Å². The van der Waals surface area contributed by atoms with Crippen molar-refractivity contribution in [1.29, 1.82) is 0 Å². The smallest absolute Gasteiger partial charge is 0.224 e. The van der Waals surface area contributed by atoms with Gasteiger partial charge in [0.25, 0.3) is 0 Å². The molecule has 1 N–H and O–H groups in total. The van der Waals surface area contributed by atoms with Crippen molar-refractivity contribution in [2.24, 2.45) is 0 Å². The van der Waals surface area contributed by atoms with Crippen molar-refractivity contribution in [2.45, 2.75) is 12.8 Å². The van der Waals surface area contributed by atoms with E-state index >= 15 is 0 Å². The van der Waals surface area contributed by atoms with Crippen LogP contribution < -0.4 is 10.1 Å². The summed E-state index contributed by atoms with van der Waals surface area (Å²) in [5, 5.41) is 3.29. The monoisotopic (exact) mass is 211 g/mol. The van der Waals surface area contributed by atoms with Gasteiger partial charge in [0.05, 0.1) is 17.3 Å². The molecule has 0 radical (unpaired) electrons. The number of hydrogen-bond acceptors (Lipinski definition) is 2. The van der Waals surface area contributed by atoms with Crippen molar-refractivity contribution in [3.05, 3.63) is 23.2 Å². The molecule has 1 amide bonds. The molecule has 14 heavy (non-hydrogen) atoms. The Labute approximate surface area is 87.0 Å². The number of anilines is 1. The number of ether oxygens (including phenoxy) is 1. The van der Waals surface area contributed by atoms with Crippen molar-refractivity contribution in [1.82, 2.24) is 0 Å². The molecule has 0 spiro atoms. The van der Waals surface area contributed by atoms with Gasteiger partial charge < -0.3 is 10.1 Å². The molecule has 3 nitrogen and oxygen atoms in total. The Kier molecular flexibility index (Phi) is 2.59. The lowest BCUT2D eigenvalue weighted by Crippen LogP contribution is -2.16. The summed E-state index contributed by atoms with van der Waals surface area (Å²) in [6, 6.07) is 5.31. The van der Waals surface area contributed by atoms with Gasteiger partial charge in [0.2, 0.25) is 5.91 Å². The third-order valence-electron chi connectivity index (χ3n) is 2.04. The summed E-state index contributed by atoms with van der Waals surface area (Å²) in [6.45, 7) is 0.532. The molecule has 0 unspecified atom stereocenters. The molecule has 0 bridgehead atoms. The lowest BCUT2D eigenvalue weighted by Gasteiger charge is -2.16. The molecule has 0 atom stereocenters. The zero-order valence-electron chi connectivity index (χ0n) is 7.55. The topological polar surface area (TPSA) is 38.3 Å². The maximum Gasteiger partial charge on any atom is 0.224 e. The van der Waals surface area contributed by atoms with E-state index < -0.39 is 0 Å². The van der Waals surface area contributed by atoms with Crippen LogP contribution in [-0.2, 0) is 4.79 Å². The van der Waals surface area contributed by atoms with Gasteiger partial charge in [0.1, 0.15) is 0 Å². The number of nitrogens with one attached hydrogen (secondary N) is 1.